The second-order valence-corrected chi connectivity index (χ2v) is 8.19. The summed E-state index contributed by atoms with van der Waals surface area (Å²) >= 11 is 11.8. The van der Waals surface area contributed by atoms with Gasteiger partial charge in [0.15, 0.2) is 0 Å². The summed E-state index contributed by atoms with van der Waals surface area (Å²) < 4.78 is 10.5. The standard InChI is InChI=1S/C24H21Cl2N3O6/c1-4-7-29-13(2)20(24(33)34-3)19(23(29)32)11-17-5-6-18(35-17)12-27-21(30)22(31)28-16-9-14(25)8-15(26)10-16/h4-6,8-11H,1,7,12H2,2-3H3,(H,27,30)(H,28,31)/b19-11+. The smallest absolute Gasteiger partial charge is 0.340 e. The number of methoxy groups -OCH3 is 1. The number of amides is 3. The maximum absolute atomic E-state index is 12.8. The molecule has 0 fully saturated rings. The van der Waals surface area contributed by atoms with Crippen molar-refractivity contribution >= 4 is 58.7 Å². The van der Waals surface area contributed by atoms with E-state index in [9.17, 15) is 19.2 Å². The fraction of sp³-hybridized carbons (Fsp3) is 0.167. The molecule has 1 aromatic heterocycles. The minimum absolute atomic E-state index is 0.0962. The van der Waals surface area contributed by atoms with E-state index in [2.05, 4.69) is 17.2 Å². The number of furan rings is 1. The zero-order chi connectivity index (χ0) is 25.7. The molecule has 0 saturated heterocycles. The zero-order valence-corrected chi connectivity index (χ0v) is 20.3. The molecule has 2 aromatic rings. The Kier molecular flexibility index (Phi) is 8.16. The summed E-state index contributed by atoms with van der Waals surface area (Å²) in [7, 11) is 1.23. The van der Waals surface area contributed by atoms with Gasteiger partial charge in [0.25, 0.3) is 5.91 Å². The number of halogens is 2. The van der Waals surface area contributed by atoms with Gasteiger partial charge in [-0.3, -0.25) is 14.4 Å². The van der Waals surface area contributed by atoms with E-state index in [1.807, 2.05) is 0 Å². The van der Waals surface area contributed by atoms with Gasteiger partial charge in [-0.25, -0.2) is 4.79 Å². The number of ether oxygens (including phenoxy) is 1. The molecule has 0 saturated carbocycles. The molecule has 2 N–H and O–H groups in total. The topological polar surface area (TPSA) is 118 Å². The minimum Gasteiger partial charge on any atom is -0.465 e. The molecule has 11 heteroatoms. The summed E-state index contributed by atoms with van der Waals surface area (Å²) in [5.74, 6) is -2.29. The van der Waals surface area contributed by atoms with Crippen LogP contribution in [0.25, 0.3) is 6.08 Å². The number of hydrogen-bond acceptors (Lipinski definition) is 6. The number of allylic oxidation sites excluding steroid dienone is 1. The van der Waals surface area contributed by atoms with Gasteiger partial charge in [-0.05, 0) is 43.3 Å². The van der Waals surface area contributed by atoms with E-state index in [4.69, 9.17) is 32.4 Å². The van der Waals surface area contributed by atoms with Crippen molar-refractivity contribution < 1.29 is 28.3 Å². The lowest BCUT2D eigenvalue weighted by Gasteiger charge is -2.14. The molecule has 0 aliphatic carbocycles. The molecular weight excluding hydrogens is 497 g/mol. The van der Waals surface area contributed by atoms with Gasteiger partial charge in [0.1, 0.15) is 11.5 Å². The van der Waals surface area contributed by atoms with Crippen LogP contribution in [0.1, 0.15) is 18.4 Å². The van der Waals surface area contributed by atoms with Crippen molar-refractivity contribution in [2.75, 3.05) is 19.0 Å². The minimum atomic E-state index is -0.917. The summed E-state index contributed by atoms with van der Waals surface area (Å²) in [5.41, 5.74) is 0.953. The van der Waals surface area contributed by atoms with Crippen LogP contribution in [-0.2, 0) is 30.5 Å². The molecule has 3 rings (SSSR count). The van der Waals surface area contributed by atoms with Crippen molar-refractivity contribution in [2.24, 2.45) is 0 Å². The van der Waals surface area contributed by atoms with Crippen LogP contribution in [-0.4, -0.2) is 42.2 Å². The Hall–Kier alpha value is -3.82. The monoisotopic (exact) mass is 517 g/mol. The average Bonchev–Trinajstić information content (AvgIpc) is 3.34. The zero-order valence-electron chi connectivity index (χ0n) is 18.8. The second kappa shape index (κ2) is 11.1. The molecular formula is C24H21Cl2N3O6. The number of hydrogen-bond donors (Lipinski definition) is 2. The molecule has 2 heterocycles. The summed E-state index contributed by atoms with van der Waals surface area (Å²) in [6.07, 6.45) is 2.96. The van der Waals surface area contributed by atoms with E-state index in [1.54, 1.807) is 25.1 Å². The first kappa shape index (κ1) is 25.8. The van der Waals surface area contributed by atoms with Crippen LogP contribution >= 0.6 is 23.2 Å². The second-order valence-electron chi connectivity index (χ2n) is 7.31. The highest BCUT2D eigenvalue weighted by Gasteiger charge is 2.36. The Morgan fingerprint density at radius 1 is 1.14 bits per heavy atom. The largest absolute Gasteiger partial charge is 0.465 e. The summed E-state index contributed by atoms with van der Waals surface area (Å²) in [5, 5.41) is 5.44. The van der Waals surface area contributed by atoms with E-state index in [0.29, 0.717) is 21.5 Å². The van der Waals surface area contributed by atoms with Crippen LogP contribution in [0, 0.1) is 0 Å². The molecule has 0 unspecified atom stereocenters. The number of nitrogens with zero attached hydrogens (tertiary/aromatic N) is 1. The molecule has 1 aromatic carbocycles. The molecule has 182 valence electrons. The van der Waals surface area contributed by atoms with Crippen LogP contribution in [0.4, 0.5) is 5.69 Å². The molecule has 0 spiro atoms. The van der Waals surface area contributed by atoms with Crippen molar-refractivity contribution in [3.05, 3.63) is 81.4 Å². The van der Waals surface area contributed by atoms with Crippen molar-refractivity contribution in [2.45, 2.75) is 13.5 Å². The maximum Gasteiger partial charge on any atom is 0.340 e. The van der Waals surface area contributed by atoms with Gasteiger partial charge in [0.05, 0.1) is 24.8 Å². The Morgan fingerprint density at radius 3 is 2.46 bits per heavy atom. The molecule has 0 atom stereocenters. The average molecular weight is 518 g/mol. The van der Waals surface area contributed by atoms with E-state index >= 15 is 0 Å². The molecule has 1 aliphatic heterocycles. The highest BCUT2D eigenvalue weighted by atomic mass is 35.5. The van der Waals surface area contributed by atoms with Crippen LogP contribution in [0.3, 0.4) is 0 Å². The lowest BCUT2D eigenvalue weighted by Crippen LogP contribution is -2.34. The molecule has 35 heavy (non-hydrogen) atoms. The van der Waals surface area contributed by atoms with Crippen molar-refractivity contribution in [1.82, 2.24) is 10.2 Å². The highest BCUT2D eigenvalue weighted by molar-refractivity contribution is 6.40. The van der Waals surface area contributed by atoms with E-state index in [0.717, 1.165) is 0 Å². The Balaban J connectivity index is 1.69. The highest BCUT2D eigenvalue weighted by Crippen LogP contribution is 2.31. The number of anilines is 1. The number of esters is 1. The molecule has 9 nitrogen and oxygen atoms in total. The fourth-order valence-electron chi connectivity index (χ4n) is 3.35. The third kappa shape index (κ3) is 6.00. The Labute approximate surface area is 211 Å². The van der Waals surface area contributed by atoms with Gasteiger partial charge >= 0.3 is 17.8 Å². The predicted octanol–water partition coefficient (Wildman–Crippen LogP) is 3.70. The number of carbonyl (C=O) groups excluding carboxylic acids is 4. The third-order valence-electron chi connectivity index (χ3n) is 4.93. The van der Waals surface area contributed by atoms with Crippen LogP contribution in [0.2, 0.25) is 10.0 Å². The summed E-state index contributed by atoms with van der Waals surface area (Å²) in [4.78, 5) is 50.8. The predicted molar refractivity (Wildman–Crippen MR) is 130 cm³/mol. The van der Waals surface area contributed by atoms with Crippen molar-refractivity contribution in [3.63, 3.8) is 0 Å². The van der Waals surface area contributed by atoms with E-state index < -0.39 is 23.7 Å². The SMILES string of the molecule is C=CCN1C(=O)/C(=C/c2ccc(CNC(=O)C(=O)Nc3cc(Cl)cc(Cl)c3)o2)C(C(=O)OC)=C1C. The quantitative estimate of drug-likeness (QED) is 0.250. The molecule has 1 aliphatic rings. The lowest BCUT2D eigenvalue weighted by molar-refractivity contribution is -0.136. The number of carbonyl (C=O) groups is 4. The number of benzene rings is 1. The van der Waals surface area contributed by atoms with Crippen LogP contribution in [0.15, 0.2) is 64.2 Å². The van der Waals surface area contributed by atoms with Crippen molar-refractivity contribution in [3.8, 4) is 0 Å². The van der Waals surface area contributed by atoms with E-state index in [-0.39, 0.29) is 35.7 Å². The molecule has 0 radical (unpaired) electrons. The van der Waals surface area contributed by atoms with E-state index in [1.165, 1.54) is 36.3 Å². The third-order valence-corrected chi connectivity index (χ3v) is 5.37. The van der Waals surface area contributed by atoms with Crippen LogP contribution in [0.5, 0.6) is 0 Å². The van der Waals surface area contributed by atoms with Gasteiger partial charge in [-0.2, -0.15) is 0 Å². The first-order chi connectivity index (χ1) is 16.6. The first-order valence-corrected chi connectivity index (χ1v) is 11.0. The number of rotatable bonds is 7. The molecule has 0 bridgehead atoms. The maximum atomic E-state index is 12.8. The van der Waals surface area contributed by atoms with Gasteiger partial charge in [0.2, 0.25) is 0 Å². The molecule has 3 amide bonds. The fourth-order valence-corrected chi connectivity index (χ4v) is 3.87. The van der Waals surface area contributed by atoms with Gasteiger partial charge in [0, 0.05) is 28.0 Å². The summed E-state index contributed by atoms with van der Waals surface area (Å²) in [6, 6.07) is 7.52. The van der Waals surface area contributed by atoms with Gasteiger partial charge in [-0.1, -0.05) is 29.3 Å². The van der Waals surface area contributed by atoms with Crippen LogP contribution < -0.4 is 10.6 Å². The Bertz CT molecular complexity index is 1260. The normalized spacial score (nSPS) is 14.3. The summed E-state index contributed by atoms with van der Waals surface area (Å²) in [6.45, 7) is 5.39. The van der Waals surface area contributed by atoms with Gasteiger partial charge < -0.3 is 24.7 Å². The lowest BCUT2D eigenvalue weighted by atomic mass is 10.1. The number of nitrogens with one attached hydrogen (secondary N) is 2. The van der Waals surface area contributed by atoms with Crippen molar-refractivity contribution in [1.29, 1.82) is 0 Å². The van der Waals surface area contributed by atoms with Gasteiger partial charge in [-0.15, -0.1) is 6.58 Å². The Morgan fingerprint density at radius 2 is 1.83 bits per heavy atom. The first-order valence-electron chi connectivity index (χ1n) is 10.2.